The van der Waals surface area contributed by atoms with Crippen molar-refractivity contribution in [2.45, 2.75) is 18.9 Å². The fourth-order valence-electron chi connectivity index (χ4n) is 0.339. The Bertz CT molecular complexity index is 50.0. The summed E-state index contributed by atoms with van der Waals surface area (Å²) < 4.78 is 0. The SMILES string of the molecule is C=CC(CC)[SiH2]Cl. The van der Waals surface area contributed by atoms with E-state index in [1.807, 2.05) is 6.08 Å². The summed E-state index contributed by atoms with van der Waals surface area (Å²) in [4.78, 5) is 0. The number of halogens is 1. The fraction of sp³-hybridized carbons (Fsp3) is 0.600. The normalized spacial score (nSPS) is 15.1. The zero-order valence-electron chi connectivity index (χ0n) is 4.65. The molecule has 0 fully saturated rings. The highest BCUT2D eigenvalue weighted by Crippen LogP contribution is 2.09. The van der Waals surface area contributed by atoms with E-state index in [0.717, 1.165) is 0 Å². The molecule has 0 saturated carbocycles. The van der Waals surface area contributed by atoms with Gasteiger partial charge in [0.1, 0.15) is 8.83 Å². The maximum absolute atomic E-state index is 5.64. The third kappa shape index (κ3) is 2.89. The minimum atomic E-state index is -0.318. The summed E-state index contributed by atoms with van der Waals surface area (Å²) >= 11 is 5.64. The maximum Gasteiger partial charge on any atom is 0.132 e. The molecule has 1 atom stereocenters. The molecule has 0 spiro atoms. The third-order valence-electron chi connectivity index (χ3n) is 1.06. The summed E-state index contributed by atoms with van der Waals surface area (Å²) in [6.07, 6.45) is 3.12. The monoisotopic (exact) mass is 134 g/mol. The Kier molecular flexibility index (Phi) is 4.56. The standard InChI is InChI=1S/C5H11ClSi/c1-3-5(4-2)7-6/h3,5H,1,4,7H2,2H3. The van der Waals surface area contributed by atoms with Crippen LogP contribution in [0, 0.1) is 0 Å². The first-order valence-electron chi connectivity index (χ1n) is 2.53. The summed E-state index contributed by atoms with van der Waals surface area (Å²) in [5.74, 6) is 0. The van der Waals surface area contributed by atoms with Crippen LogP contribution in [-0.2, 0) is 0 Å². The van der Waals surface area contributed by atoms with Crippen LogP contribution in [0.4, 0.5) is 0 Å². The van der Waals surface area contributed by atoms with E-state index in [1.165, 1.54) is 6.42 Å². The third-order valence-corrected chi connectivity index (χ3v) is 3.55. The van der Waals surface area contributed by atoms with Gasteiger partial charge in [-0.1, -0.05) is 19.4 Å². The molecule has 0 rings (SSSR count). The Balaban J connectivity index is 3.16. The molecule has 1 unspecified atom stereocenters. The minimum absolute atomic E-state index is 0.318. The van der Waals surface area contributed by atoms with Gasteiger partial charge in [0.05, 0.1) is 0 Å². The quantitative estimate of drug-likeness (QED) is 0.313. The second kappa shape index (κ2) is 4.41. The smallest absolute Gasteiger partial charge is 0.132 e. The highest BCUT2D eigenvalue weighted by atomic mass is 35.6. The van der Waals surface area contributed by atoms with Crippen molar-refractivity contribution in [2.75, 3.05) is 0 Å². The van der Waals surface area contributed by atoms with Gasteiger partial charge in [0.2, 0.25) is 0 Å². The molecule has 0 aliphatic heterocycles. The van der Waals surface area contributed by atoms with Gasteiger partial charge in [-0.25, -0.2) is 0 Å². The molecule has 0 aromatic heterocycles. The van der Waals surface area contributed by atoms with E-state index in [2.05, 4.69) is 13.5 Å². The van der Waals surface area contributed by atoms with Crippen molar-refractivity contribution >= 4 is 19.9 Å². The van der Waals surface area contributed by atoms with Gasteiger partial charge >= 0.3 is 0 Å². The van der Waals surface area contributed by atoms with E-state index >= 15 is 0 Å². The predicted molar refractivity (Wildman–Crippen MR) is 38.6 cm³/mol. The zero-order valence-corrected chi connectivity index (χ0v) is 6.82. The van der Waals surface area contributed by atoms with Crippen molar-refractivity contribution in [3.05, 3.63) is 12.7 Å². The minimum Gasteiger partial charge on any atom is -0.176 e. The molecule has 0 bridgehead atoms. The van der Waals surface area contributed by atoms with Crippen LogP contribution in [-0.4, -0.2) is 8.83 Å². The molecule has 0 aromatic rings. The molecule has 42 valence electrons. The average molecular weight is 135 g/mol. The molecular formula is C5H11ClSi. The first-order valence-corrected chi connectivity index (χ1v) is 5.49. The summed E-state index contributed by atoms with van der Waals surface area (Å²) in [6.45, 7) is 5.79. The lowest BCUT2D eigenvalue weighted by Crippen LogP contribution is -1.89. The van der Waals surface area contributed by atoms with E-state index in [9.17, 15) is 0 Å². The Labute approximate surface area is 52.1 Å². The van der Waals surface area contributed by atoms with Gasteiger partial charge < -0.3 is 0 Å². The van der Waals surface area contributed by atoms with Crippen LogP contribution in [0.3, 0.4) is 0 Å². The fourth-order valence-corrected chi connectivity index (χ4v) is 1.72. The lowest BCUT2D eigenvalue weighted by atomic mass is 10.3. The van der Waals surface area contributed by atoms with Gasteiger partial charge in [-0.05, 0) is 5.54 Å². The Morgan fingerprint density at radius 3 is 2.57 bits per heavy atom. The van der Waals surface area contributed by atoms with Crippen LogP contribution in [0.2, 0.25) is 5.54 Å². The maximum atomic E-state index is 5.64. The van der Waals surface area contributed by atoms with Crippen molar-refractivity contribution in [3.63, 3.8) is 0 Å². The van der Waals surface area contributed by atoms with Gasteiger partial charge in [-0.3, -0.25) is 0 Å². The summed E-state index contributed by atoms with van der Waals surface area (Å²) in [5, 5.41) is 0. The lowest BCUT2D eigenvalue weighted by molar-refractivity contribution is 0.952. The van der Waals surface area contributed by atoms with E-state index in [1.54, 1.807) is 0 Å². The van der Waals surface area contributed by atoms with Gasteiger partial charge in [0.25, 0.3) is 0 Å². The van der Waals surface area contributed by atoms with Crippen LogP contribution in [0.15, 0.2) is 12.7 Å². The number of hydrogen-bond donors (Lipinski definition) is 0. The van der Waals surface area contributed by atoms with Crippen molar-refractivity contribution in [2.24, 2.45) is 0 Å². The van der Waals surface area contributed by atoms with Crippen LogP contribution in [0.1, 0.15) is 13.3 Å². The molecule has 0 aromatic carbocycles. The van der Waals surface area contributed by atoms with Gasteiger partial charge in [0, 0.05) is 0 Å². The summed E-state index contributed by atoms with van der Waals surface area (Å²) in [6, 6.07) is 0. The molecule has 0 heterocycles. The molecule has 0 amide bonds. The van der Waals surface area contributed by atoms with Crippen molar-refractivity contribution in [3.8, 4) is 0 Å². The Morgan fingerprint density at radius 1 is 2.00 bits per heavy atom. The first-order chi connectivity index (χ1) is 3.35. The van der Waals surface area contributed by atoms with Crippen molar-refractivity contribution in [1.82, 2.24) is 0 Å². The molecule has 0 N–H and O–H groups in total. The predicted octanol–water partition coefficient (Wildman–Crippen LogP) is 1.69. The lowest BCUT2D eigenvalue weighted by Gasteiger charge is -1.98. The van der Waals surface area contributed by atoms with Crippen LogP contribution >= 0.6 is 11.1 Å². The number of rotatable bonds is 3. The van der Waals surface area contributed by atoms with Crippen LogP contribution in [0.5, 0.6) is 0 Å². The van der Waals surface area contributed by atoms with E-state index < -0.39 is 0 Å². The van der Waals surface area contributed by atoms with Crippen molar-refractivity contribution in [1.29, 1.82) is 0 Å². The topological polar surface area (TPSA) is 0 Å². The zero-order chi connectivity index (χ0) is 5.70. The molecule has 0 aliphatic carbocycles. The second-order valence-corrected chi connectivity index (χ2v) is 3.84. The average Bonchev–Trinajstić information content (AvgIpc) is 1.72. The van der Waals surface area contributed by atoms with Gasteiger partial charge in [-0.2, -0.15) is 11.1 Å². The number of hydrogen-bond acceptors (Lipinski definition) is 0. The molecule has 0 saturated heterocycles. The molecule has 0 nitrogen and oxygen atoms in total. The largest absolute Gasteiger partial charge is 0.176 e. The highest BCUT2D eigenvalue weighted by molar-refractivity contribution is 6.94. The summed E-state index contributed by atoms with van der Waals surface area (Å²) in [5.41, 5.74) is 0.654. The van der Waals surface area contributed by atoms with Gasteiger partial charge in [0.15, 0.2) is 0 Å². The molecular weight excluding hydrogens is 124 g/mol. The number of allylic oxidation sites excluding steroid dienone is 1. The molecule has 0 aliphatic rings. The van der Waals surface area contributed by atoms with E-state index in [4.69, 9.17) is 11.1 Å². The van der Waals surface area contributed by atoms with Gasteiger partial charge in [-0.15, -0.1) is 6.58 Å². The van der Waals surface area contributed by atoms with E-state index in [-0.39, 0.29) is 8.83 Å². The van der Waals surface area contributed by atoms with Crippen molar-refractivity contribution < 1.29 is 0 Å². The van der Waals surface area contributed by atoms with Crippen LogP contribution in [0.25, 0.3) is 0 Å². The Morgan fingerprint density at radius 2 is 2.57 bits per heavy atom. The van der Waals surface area contributed by atoms with E-state index in [0.29, 0.717) is 5.54 Å². The molecule has 7 heavy (non-hydrogen) atoms. The van der Waals surface area contributed by atoms with Crippen LogP contribution < -0.4 is 0 Å². The first kappa shape index (κ1) is 7.25. The molecule has 2 heteroatoms. The molecule has 0 radical (unpaired) electrons. The second-order valence-electron chi connectivity index (χ2n) is 1.56. The summed E-state index contributed by atoms with van der Waals surface area (Å²) in [7, 11) is -0.318. The highest BCUT2D eigenvalue weighted by Gasteiger charge is 1.95. The Hall–Kier alpha value is 0.247.